The molecule has 0 spiro atoms. The number of benzene rings is 1. The molecular weight excluding hydrogens is 194 g/mol. The molecule has 82 valence electrons. The summed E-state index contributed by atoms with van der Waals surface area (Å²) in [6.07, 6.45) is 0.242. The van der Waals surface area contributed by atoms with Gasteiger partial charge in [0.05, 0.1) is 14.2 Å². The highest BCUT2D eigenvalue weighted by Gasteiger charge is 2.21. The SMILES string of the molecule is COc1cccc(OC2CNC2)c1OC. The van der Waals surface area contributed by atoms with Gasteiger partial charge in [0.1, 0.15) is 6.10 Å². The highest BCUT2D eigenvalue weighted by atomic mass is 16.5. The maximum atomic E-state index is 5.75. The minimum Gasteiger partial charge on any atom is -0.493 e. The van der Waals surface area contributed by atoms with Crippen molar-refractivity contribution in [3.63, 3.8) is 0 Å². The molecule has 4 nitrogen and oxygen atoms in total. The smallest absolute Gasteiger partial charge is 0.203 e. The number of hydrogen-bond acceptors (Lipinski definition) is 4. The monoisotopic (exact) mass is 209 g/mol. The summed E-state index contributed by atoms with van der Waals surface area (Å²) < 4.78 is 16.2. The van der Waals surface area contributed by atoms with Crippen molar-refractivity contribution >= 4 is 0 Å². The maximum absolute atomic E-state index is 5.75. The van der Waals surface area contributed by atoms with Crippen LogP contribution in [0.25, 0.3) is 0 Å². The third kappa shape index (κ3) is 1.99. The lowest BCUT2D eigenvalue weighted by atomic mass is 10.2. The summed E-state index contributed by atoms with van der Waals surface area (Å²) >= 11 is 0. The molecule has 0 bridgehead atoms. The molecule has 1 aliphatic rings. The van der Waals surface area contributed by atoms with Gasteiger partial charge in [-0.25, -0.2) is 0 Å². The van der Waals surface area contributed by atoms with Crippen LogP contribution in [0.3, 0.4) is 0 Å². The molecule has 1 aromatic carbocycles. The Labute approximate surface area is 89.1 Å². The van der Waals surface area contributed by atoms with E-state index in [4.69, 9.17) is 14.2 Å². The normalized spacial score (nSPS) is 15.6. The van der Waals surface area contributed by atoms with Crippen molar-refractivity contribution in [2.45, 2.75) is 6.10 Å². The van der Waals surface area contributed by atoms with Crippen LogP contribution in [0, 0.1) is 0 Å². The Balaban J connectivity index is 2.20. The van der Waals surface area contributed by atoms with Gasteiger partial charge in [-0.2, -0.15) is 0 Å². The van der Waals surface area contributed by atoms with E-state index in [0.717, 1.165) is 18.8 Å². The van der Waals surface area contributed by atoms with Gasteiger partial charge in [0.15, 0.2) is 11.5 Å². The molecule has 0 radical (unpaired) electrons. The van der Waals surface area contributed by atoms with Gasteiger partial charge in [0, 0.05) is 13.1 Å². The summed E-state index contributed by atoms with van der Waals surface area (Å²) in [5.74, 6) is 2.09. The molecule has 0 aromatic heterocycles. The average Bonchev–Trinajstić information content (AvgIpc) is 2.22. The number of nitrogens with one attached hydrogen (secondary N) is 1. The molecular formula is C11H15NO3. The van der Waals surface area contributed by atoms with Crippen molar-refractivity contribution in [1.82, 2.24) is 5.32 Å². The van der Waals surface area contributed by atoms with Crippen LogP contribution in [-0.4, -0.2) is 33.4 Å². The van der Waals surface area contributed by atoms with Gasteiger partial charge in [-0.05, 0) is 12.1 Å². The highest BCUT2D eigenvalue weighted by molar-refractivity contribution is 5.51. The molecule has 4 heteroatoms. The largest absolute Gasteiger partial charge is 0.493 e. The molecule has 0 atom stereocenters. The van der Waals surface area contributed by atoms with E-state index in [1.165, 1.54) is 0 Å². The Morgan fingerprint density at radius 2 is 1.87 bits per heavy atom. The van der Waals surface area contributed by atoms with Gasteiger partial charge in [-0.3, -0.25) is 0 Å². The quantitative estimate of drug-likeness (QED) is 0.804. The van der Waals surface area contributed by atoms with E-state index < -0.39 is 0 Å². The van der Waals surface area contributed by atoms with Gasteiger partial charge in [-0.1, -0.05) is 6.07 Å². The van der Waals surface area contributed by atoms with Crippen LogP contribution in [0.15, 0.2) is 18.2 Å². The van der Waals surface area contributed by atoms with Crippen molar-refractivity contribution < 1.29 is 14.2 Å². The number of ether oxygens (including phenoxy) is 3. The molecule has 0 amide bonds. The van der Waals surface area contributed by atoms with E-state index in [1.807, 2.05) is 18.2 Å². The second-order valence-electron chi connectivity index (χ2n) is 3.39. The maximum Gasteiger partial charge on any atom is 0.203 e. The van der Waals surface area contributed by atoms with Crippen LogP contribution in [0.1, 0.15) is 0 Å². The lowest BCUT2D eigenvalue weighted by molar-refractivity contribution is 0.136. The van der Waals surface area contributed by atoms with E-state index >= 15 is 0 Å². The van der Waals surface area contributed by atoms with Gasteiger partial charge in [0.25, 0.3) is 0 Å². The van der Waals surface area contributed by atoms with E-state index in [0.29, 0.717) is 11.5 Å². The second-order valence-corrected chi connectivity index (χ2v) is 3.39. The zero-order valence-electron chi connectivity index (χ0n) is 8.95. The molecule has 0 saturated carbocycles. The van der Waals surface area contributed by atoms with Gasteiger partial charge < -0.3 is 19.5 Å². The number of methoxy groups -OCH3 is 2. The summed E-state index contributed by atoms with van der Waals surface area (Å²) in [4.78, 5) is 0. The third-order valence-electron chi connectivity index (χ3n) is 2.40. The first kappa shape index (κ1) is 10.1. The Morgan fingerprint density at radius 1 is 1.13 bits per heavy atom. The van der Waals surface area contributed by atoms with Crippen LogP contribution in [-0.2, 0) is 0 Å². The number of para-hydroxylation sites is 1. The lowest BCUT2D eigenvalue weighted by Crippen LogP contribution is -2.50. The third-order valence-corrected chi connectivity index (χ3v) is 2.40. The topological polar surface area (TPSA) is 39.7 Å². The van der Waals surface area contributed by atoms with Crippen molar-refractivity contribution in [3.8, 4) is 17.2 Å². The van der Waals surface area contributed by atoms with E-state index in [2.05, 4.69) is 5.32 Å². The molecule has 1 saturated heterocycles. The van der Waals surface area contributed by atoms with Crippen LogP contribution in [0.5, 0.6) is 17.2 Å². The average molecular weight is 209 g/mol. The standard InChI is InChI=1S/C11H15NO3/c1-13-9-4-3-5-10(11(9)14-2)15-8-6-12-7-8/h3-5,8,12H,6-7H2,1-2H3. The molecule has 15 heavy (non-hydrogen) atoms. The van der Waals surface area contributed by atoms with Gasteiger partial charge >= 0.3 is 0 Å². The summed E-state index contributed by atoms with van der Waals surface area (Å²) in [5.41, 5.74) is 0. The molecule has 0 aliphatic carbocycles. The minimum absolute atomic E-state index is 0.242. The first-order valence-corrected chi connectivity index (χ1v) is 4.93. The minimum atomic E-state index is 0.242. The first-order valence-electron chi connectivity index (χ1n) is 4.93. The fraction of sp³-hybridized carbons (Fsp3) is 0.455. The summed E-state index contributed by atoms with van der Waals surface area (Å²) in [6.45, 7) is 1.78. The molecule has 1 aliphatic heterocycles. The van der Waals surface area contributed by atoms with Crippen molar-refractivity contribution in [2.24, 2.45) is 0 Å². The predicted molar refractivity (Wildman–Crippen MR) is 56.8 cm³/mol. The van der Waals surface area contributed by atoms with Gasteiger partial charge in [0.2, 0.25) is 5.75 Å². The number of hydrogen-bond donors (Lipinski definition) is 1. The van der Waals surface area contributed by atoms with Crippen LogP contribution in [0.2, 0.25) is 0 Å². The molecule has 0 unspecified atom stereocenters. The lowest BCUT2D eigenvalue weighted by Gasteiger charge is -2.28. The highest BCUT2D eigenvalue weighted by Crippen LogP contribution is 2.37. The van der Waals surface area contributed by atoms with Crippen molar-refractivity contribution in [2.75, 3.05) is 27.3 Å². The zero-order valence-corrected chi connectivity index (χ0v) is 8.95. The Hall–Kier alpha value is -1.42. The number of rotatable bonds is 4. The fourth-order valence-electron chi connectivity index (χ4n) is 1.48. The Morgan fingerprint density at radius 3 is 2.40 bits per heavy atom. The van der Waals surface area contributed by atoms with E-state index in [1.54, 1.807) is 14.2 Å². The Kier molecular flexibility index (Phi) is 2.97. The molecule has 1 N–H and O–H groups in total. The van der Waals surface area contributed by atoms with Crippen molar-refractivity contribution in [1.29, 1.82) is 0 Å². The Bertz CT molecular complexity index is 337. The molecule has 1 heterocycles. The predicted octanol–water partition coefficient (Wildman–Crippen LogP) is 1.05. The van der Waals surface area contributed by atoms with Crippen LogP contribution in [0.4, 0.5) is 0 Å². The van der Waals surface area contributed by atoms with E-state index in [9.17, 15) is 0 Å². The molecule has 2 rings (SSSR count). The van der Waals surface area contributed by atoms with Crippen molar-refractivity contribution in [3.05, 3.63) is 18.2 Å². The molecule has 1 fully saturated rings. The van der Waals surface area contributed by atoms with Crippen LogP contribution < -0.4 is 19.5 Å². The van der Waals surface area contributed by atoms with Gasteiger partial charge in [-0.15, -0.1) is 0 Å². The molecule has 1 aromatic rings. The second kappa shape index (κ2) is 4.40. The van der Waals surface area contributed by atoms with Crippen LogP contribution >= 0.6 is 0 Å². The first-order chi connectivity index (χ1) is 7.35. The summed E-state index contributed by atoms with van der Waals surface area (Å²) in [6, 6.07) is 5.63. The fourth-order valence-corrected chi connectivity index (χ4v) is 1.48. The zero-order chi connectivity index (χ0) is 10.7. The summed E-state index contributed by atoms with van der Waals surface area (Å²) in [5, 5.41) is 3.15. The summed E-state index contributed by atoms with van der Waals surface area (Å²) in [7, 11) is 3.23. The van der Waals surface area contributed by atoms with E-state index in [-0.39, 0.29) is 6.10 Å².